The summed E-state index contributed by atoms with van der Waals surface area (Å²) in [5.41, 5.74) is 2.96. The van der Waals surface area contributed by atoms with Crippen LogP contribution in [0.4, 0.5) is 10.6 Å². The molecule has 2 N–H and O–H groups in total. The fourth-order valence-corrected chi connectivity index (χ4v) is 2.62. The van der Waals surface area contributed by atoms with Crippen molar-refractivity contribution in [2.45, 2.75) is 26.3 Å². The molecule has 1 atom stereocenters. The molecule has 3 rings (SSSR count). The second-order valence-corrected chi connectivity index (χ2v) is 5.88. The van der Waals surface area contributed by atoms with Gasteiger partial charge in [0.05, 0.1) is 18.1 Å². The van der Waals surface area contributed by atoms with Crippen molar-refractivity contribution in [2.24, 2.45) is 7.05 Å². The lowest BCUT2D eigenvalue weighted by Gasteiger charge is -2.16. The Hall–Kier alpha value is -3.09. The highest BCUT2D eigenvalue weighted by atomic mass is 16.2. The molecule has 2 heterocycles. The molecule has 0 aliphatic heterocycles. The first kappa shape index (κ1) is 16.8. The van der Waals surface area contributed by atoms with Crippen LogP contribution >= 0.6 is 0 Å². The fraction of sp³-hybridized carbons (Fsp3) is 0.278. The summed E-state index contributed by atoms with van der Waals surface area (Å²) in [4.78, 5) is 16.3. The Balaban J connectivity index is 1.67. The standard InChI is InChI=1S/C18H22N6O/c1-4-15-11-17(23(3)22-15)21-18(25)20-13(2)14-6-5-7-16(10-14)24-9-8-19-12-24/h5-13H,4H2,1-3H3,(H2,20,21,25)/t13-/m1/s1. The number of hydrogen-bond acceptors (Lipinski definition) is 3. The van der Waals surface area contributed by atoms with Gasteiger partial charge in [-0.1, -0.05) is 19.1 Å². The summed E-state index contributed by atoms with van der Waals surface area (Å²) < 4.78 is 3.60. The third-order valence-corrected chi connectivity index (χ3v) is 4.05. The Labute approximate surface area is 146 Å². The number of aryl methyl sites for hydroxylation is 2. The zero-order valence-electron chi connectivity index (χ0n) is 14.6. The van der Waals surface area contributed by atoms with E-state index in [1.165, 1.54) is 0 Å². The summed E-state index contributed by atoms with van der Waals surface area (Å²) in [7, 11) is 1.81. The van der Waals surface area contributed by atoms with Gasteiger partial charge in [-0.25, -0.2) is 9.78 Å². The maximum absolute atomic E-state index is 12.3. The number of anilines is 1. The van der Waals surface area contributed by atoms with Gasteiger partial charge in [-0.15, -0.1) is 0 Å². The number of urea groups is 1. The number of carbonyl (C=O) groups excluding carboxylic acids is 1. The topological polar surface area (TPSA) is 76.8 Å². The van der Waals surface area contributed by atoms with Gasteiger partial charge in [0.15, 0.2) is 0 Å². The minimum atomic E-state index is -0.258. The average Bonchev–Trinajstić information content (AvgIpc) is 3.25. The van der Waals surface area contributed by atoms with E-state index < -0.39 is 0 Å². The van der Waals surface area contributed by atoms with Crippen molar-refractivity contribution in [3.63, 3.8) is 0 Å². The molecule has 130 valence electrons. The van der Waals surface area contributed by atoms with Crippen molar-refractivity contribution in [1.29, 1.82) is 0 Å². The van der Waals surface area contributed by atoms with Crippen LogP contribution in [0.2, 0.25) is 0 Å². The Morgan fingerprint density at radius 2 is 2.16 bits per heavy atom. The van der Waals surface area contributed by atoms with Gasteiger partial charge >= 0.3 is 6.03 Å². The van der Waals surface area contributed by atoms with E-state index in [-0.39, 0.29) is 12.1 Å². The van der Waals surface area contributed by atoms with E-state index in [4.69, 9.17) is 0 Å². The summed E-state index contributed by atoms with van der Waals surface area (Å²) in [6.07, 6.45) is 6.20. The number of nitrogens with zero attached hydrogens (tertiary/aromatic N) is 4. The molecule has 7 heteroatoms. The molecule has 0 saturated heterocycles. The predicted octanol–water partition coefficient (Wildman–Crippen LogP) is 3.05. The van der Waals surface area contributed by atoms with Crippen LogP contribution in [0.15, 0.2) is 49.1 Å². The number of rotatable bonds is 5. The van der Waals surface area contributed by atoms with E-state index in [1.54, 1.807) is 17.2 Å². The van der Waals surface area contributed by atoms with Crippen molar-refractivity contribution < 1.29 is 4.79 Å². The van der Waals surface area contributed by atoms with E-state index >= 15 is 0 Å². The van der Waals surface area contributed by atoms with E-state index in [0.29, 0.717) is 5.82 Å². The zero-order chi connectivity index (χ0) is 17.8. The first-order chi connectivity index (χ1) is 12.1. The van der Waals surface area contributed by atoms with Crippen LogP contribution in [0.25, 0.3) is 5.69 Å². The van der Waals surface area contributed by atoms with Crippen LogP contribution < -0.4 is 10.6 Å². The normalized spacial score (nSPS) is 12.0. The second kappa shape index (κ2) is 7.21. The summed E-state index contributed by atoms with van der Waals surface area (Å²) in [6, 6.07) is 9.48. The van der Waals surface area contributed by atoms with Crippen molar-refractivity contribution in [3.8, 4) is 5.69 Å². The summed E-state index contributed by atoms with van der Waals surface area (Å²) in [5.74, 6) is 0.675. The average molecular weight is 338 g/mol. The highest BCUT2D eigenvalue weighted by molar-refractivity contribution is 5.88. The number of hydrogen-bond donors (Lipinski definition) is 2. The highest BCUT2D eigenvalue weighted by Crippen LogP contribution is 2.17. The van der Waals surface area contributed by atoms with E-state index in [2.05, 4.69) is 20.7 Å². The van der Waals surface area contributed by atoms with Gasteiger partial charge in [-0.3, -0.25) is 10.00 Å². The lowest BCUT2D eigenvalue weighted by molar-refractivity contribution is 0.249. The van der Waals surface area contributed by atoms with Crippen LogP contribution in [0, 0.1) is 0 Å². The maximum atomic E-state index is 12.3. The molecule has 3 aromatic rings. The maximum Gasteiger partial charge on any atom is 0.320 e. The number of imidazole rings is 1. The van der Waals surface area contributed by atoms with Crippen molar-refractivity contribution in [3.05, 3.63) is 60.3 Å². The van der Waals surface area contributed by atoms with Gasteiger partial charge in [0, 0.05) is 31.2 Å². The van der Waals surface area contributed by atoms with Gasteiger partial charge in [0.1, 0.15) is 5.82 Å². The largest absolute Gasteiger partial charge is 0.331 e. The summed E-state index contributed by atoms with van der Waals surface area (Å²) in [6.45, 7) is 3.98. The minimum Gasteiger partial charge on any atom is -0.331 e. The second-order valence-electron chi connectivity index (χ2n) is 5.88. The molecule has 0 spiro atoms. The molecule has 0 bridgehead atoms. The molecule has 0 aliphatic rings. The minimum absolute atomic E-state index is 0.137. The Morgan fingerprint density at radius 3 is 2.84 bits per heavy atom. The van der Waals surface area contributed by atoms with E-state index in [0.717, 1.165) is 23.4 Å². The quantitative estimate of drug-likeness (QED) is 0.750. The van der Waals surface area contributed by atoms with Crippen molar-refractivity contribution in [1.82, 2.24) is 24.6 Å². The molecular weight excluding hydrogens is 316 g/mol. The van der Waals surface area contributed by atoms with E-state index in [1.807, 2.05) is 62.0 Å². The zero-order valence-corrected chi connectivity index (χ0v) is 14.6. The molecule has 0 aliphatic carbocycles. The molecular formula is C18H22N6O. The van der Waals surface area contributed by atoms with Crippen molar-refractivity contribution in [2.75, 3.05) is 5.32 Å². The third-order valence-electron chi connectivity index (χ3n) is 4.05. The smallest absolute Gasteiger partial charge is 0.320 e. The van der Waals surface area contributed by atoms with Gasteiger partial charge < -0.3 is 9.88 Å². The van der Waals surface area contributed by atoms with Crippen LogP contribution in [-0.2, 0) is 13.5 Å². The Morgan fingerprint density at radius 1 is 1.32 bits per heavy atom. The van der Waals surface area contributed by atoms with Gasteiger partial charge in [0.2, 0.25) is 0 Å². The molecule has 7 nitrogen and oxygen atoms in total. The number of benzene rings is 1. The summed E-state index contributed by atoms with van der Waals surface area (Å²) >= 11 is 0. The predicted molar refractivity (Wildman–Crippen MR) is 96.7 cm³/mol. The van der Waals surface area contributed by atoms with Gasteiger partial charge in [0.25, 0.3) is 0 Å². The number of aromatic nitrogens is 4. The Kier molecular flexibility index (Phi) is 4.83. The molecule has 2 amide bonds. The molecule has 0 fully saturated rings. The highest BCUT2D eigenvalue weighted by Gasteiger charge is 2.12. The molecule has 25 heavy (non-hydrogen) atoms. The lowest BCUT2D eigenvalue weighted by Crippen LogP contribution is -2.31. The number of nitrogens with one attached hydrogen (secondary N) is 2. The van der Waals surface area contributed by atoms with Crippen LogP contribution in [0.5, 0.6) is 0 Å². The molecule has 2 aromatic heterocycles. The van der Waals surface area contributed by atoms with Gasteiger partial charge in [-0.2, -0.15) is 5.10 Å². The molecule has 0 radical (unpaired) electrons. The van der Waals surface area contributed by atoms with Crippen LogP contribution in [-0.4, -0.2) is 25.4 Å². The van der Waals surface area contributed by atoms with Crippen molar-refractivity contribution >= 4 is 11.8 Å². The third kappa shape index (κ3) is 3.88. The first-order valence-corrected chi connectivity index (χ1v) is 8.25. The summed E-state index contributed by atoms with van der Waals surface area (Å²) in [5, 5.41) is 10.1. The van der Waals surface area contributed by atoms with Crippen LogP contribution in [0.3, 0.4) is 0 Å². The van der Waals surface area contributed by atoms with E-state index in [9.17, 15) is 4.79 Å². The van der Waals surface area contributed by atoms with Gasteiger partial charge in [-0.05, 0) is 31.0 Å². The first-order valence-electron chi connectivity index (χ1n) is 8.25. The Bertz CT molecular complexity index is 852. The molecule has 0 saturated carbocycles. The van der Waals surface area contributed by atoms with Crippen LogP contribution in [0.1, 0.15) is 31.1 Å². The number of amides is 2. The number of carbonyl (C=O) groups is 1. The lowest BCUT2D eigenvalue weighted by atomic mass is 10.1. The SMILES string of the molecule is CCc1cc(NC(=O)N[C@H](C)c2cccc(-n3ccnc3)c2)n(C)n1. The fourth-order valence-electron chi connectivity index (χ4n) is 2.62. The monoisotopic (exact) mass is 338 g/mol. The molecule has 0 unspecified atom stereocenters. The molecule has 1 aromatic carbocycles.